The third-order valence-corrected chi connectivity index (χ3v) is 9.26. The quantitative estimate of drug-likeness (QED) is 0.526. The zero-order chi connectivity index (χ0) is 23.4. The van der Waals surface area contributed by atoms with Crippen LogP contribution in [0, 0.1) is 5.92 Å². The number of aromatic nitrogens is 2. The van der Waals surface area contributed by atoms with Crippen molar-refractivity contribution in [3.63, 3.8) is 0 Å². The maximum absolute atomic E-state index is 13.6. The van der Waals surface area contributed by atoms with Gasteiger partial charge in [-0.05, 0) is 42.9 Å². The zero-order valence-corrected chi connectivity index (χ0v) is 20.5. The SMILES string of the molecule is CC(C)C(C)S(=O)(=O)N1Cc2ccccc2N(Cc2cnc[nH]2)C(CCc2ccccc2)C1. The lowest BCUT2D eigenvalue weighted by Gasteiger charge is -2.34. The molecular formula is C26H34N4O2S. The Kier molecular flexibility index (Phi) is 7.20. The molecule has 2 unspecified atom stereocenters. The first kappa shape index (κ1) is 23.5. The van der Waals surface area contributed by atoms with E-state index < -0.39 is 15.3 Å². The molecule has 0 amide bonds. The van der Waals surface area contributed by atoms with E-state index in [0.29, 0.717) is 19.6 Å². The van der Waals surface area contributed by atoms with Crippen molar-refractivity contribution in [3.05, 3.63) is 83.9 Å². The van der Waals surface area contributed by atoms with Crippen LogP contribution in [0.15, 0.2) is 67.1 Å². The second-order valence-electron chi connectivity index (χ2n) is 9.30. The molecule has 1 N–H and O–H groups in total. The number of rotatable bonds is 8. The van der Waals surface area contributed by atoms with E-state index in [1.54, 1.807) is 10.6 Å². The summed E-state index contributed by atoms with van der Waals surface area (Å²) in [5, 5.41) is -0.432. The van der Waals surface area contributed by atoms with E-state index >= 15 is 0 Å². The molecule has 1 aliphatic heterocycles. The van der Waals surface area contributed by atoms with Crippen LogP contribution in [0.5, 0.6) is 0 Å². The van der Waals surface area contributed by atoms with Gasteiger partial charge in [-0.1, -0.05) is 62.4 Å². The molecule has 176 valence electrons. The molecule has 0 saturated heterocycles. The molecule has 1 aromatic heterocycles. The van der Waals surface area contributed by atoms with Crippen molar-refractivity contribution in [1.29, 1.82) is 0 Å². The van der Waals surface area contributed by atoms with Crippen LogP contribution in [0.2, 0.25) is 0 Å². The number of fused-ring (bicyclic) bond motifs is 1. The highest BCUT2D eigenvalue weighted by Crippen LogP contribution is 2.33. The number of sulfonamides is 1. The Morgan fingerprint density at radius 3 is 2.48 bits per heavy atom. The number of hydrogen-bond donors (Lipinski definition) is 1. The predicted molar refractivity (Wildman–Crippen MR) is 133 cm³/mol. The monoisotopic (exact) mass is 466 g/mol. The molecule has 0 bridgehead atoms. The Labute approximate surface area is 197 Å². The fourth-order valence-corrected chi connectivity index (χ4v) is 6.33. The highest BCUT2D eigenvalue weighted by atomic mass is 32.2. The van der Waals surface area contributed by atoms with E-state index in [9.17, 15) is 8.42 Å². The smallest absolute Gasteiger partial charge is 0.217 e. The van der Waals surface area contributed by atoms with Gasteiger partial charge in [0.05, 0.1) is 23.8 Å². The summed E-state index contributed by atoms with van der Waals surface area (Å²) in [6.07, 6.45) is 5.28. The minimum absolute atomic E-state index is 0.0336. The Morgan fingerprint density at radius 1 is 1.06 bits per heavy atom. The summed E-state index contributed by atoms with van der Waals surface area (Å²) in [5.41, 5.74) is 4.42. The second kappa shape index (κ2) is 10.1. The summed E-state index contributed by atoms with van der Waals surface area (Å²) < 4.78 is 29.0. The van der Waals surface area contributed by atoms with Crippen LogP contribution in [0.4, 0.5) is 5.69 Å². The molecule has 0 saturated carbocycles. The van der Waals surface area contributed by atoms with Crippen molar-refractivity contribution < 1.29 is 8.42 Å². The van der Waals surface area contributed by atoms with Gasteiger partial charge >= 0.3 is 0 Å². The number of para-hydroxylation sites is 1. The van der Waals surface area contributed by atoms with Crippen LogP contribution in [0.25, 0.3) is 0 Å². The van der Waals surface area contributed by atoms with E-state index in [0.717, 1.165) is 29.8 Å². The molecule has 3 aromatic rings. The fraction of sp³-hybridized carbons (Fsp3) is 0.423. The van der Waals surface area contributed by atoms with Crippen LogP contribution < -0.4 is 4.90 Å². The van der Waals surface area contributed by atoms with Gasteiger partial charge in [0.25, 0.3) is 0 Å². The van der Waals surface area contributed by atoms with Gasteiger partial charge in [-0.2, -0.15) is 4.31 Å². The van der Waals surface area contributed by atoms with Crippen LogP contribution in [-0.2, 0) is 29.5 Å². The first-order chi connectivity index (χ1) is 15.9. The van der Waals surface area contributed by atoms with Crippen molar-refractivity contribution in [1.82, 2.24) is 14.3 Å². The minimum atomic E-state index is -3.44. The highest BCUT2D eigenvalue weighted by Gasteiger charge is 2.37. The number of aromatic amines is 1. The van der Waals surface area contributed by atoms with E-state index in [4.69, 9.17) is 0 Å². The molecule has 6 nitrogen and oxygen atoms in total. The van der Waals surface area contributed by atoms with Gasteiger partial charge in [-0.25, -0.2) is 13.4 Å². The molecule has 0 fully saturated rings. The first-order valence-electron chi connectivity index (χ1n) is 11.7. The number of H-pyrrole nitrogens is 1. The summed E-state index contributed by atoms with van der Waals surface area (Å²) in [6.45, 7) is 7.31. The molecule has 2 atom stereocenters. The molecule has 2 aromatic carbocycles. The number of aryl methyl sites for hydroxylation is 1. The molecule has 33 heavy (non-hydrogen) atoms. The summed E-state index contributed by atoms with van der Waals surface area (Å²) in [6, 6.07) is 18.6. The molecule has 4 rings (SSSR count). The number of hydrogen-bond acceptors (Lipinski definition) is 4. The maximum Gasteiger partial charge on any atom is 0.217 e. The van der Waals surface area contributed by atoms with Crippen molar-refractivity contribution in [2.45, 2.75) is 58.0 Å². The summed E-state index contributed by atoms with van der Waals surface area (Å²) >= 11 is 0. The molecule has 1 aliphatic rings. The van der Waals surface area contributed by atoms with Gasteiger partial charge < -0.3 is 9.88 Å². The summed E-state index contributed by atoms with van der Waals surface area (Å²) in [4.78, 5) is 9.78. The van der Waals surface area contributed by atoms with Gasteiger partial charge in [0.1, 0.15) is 0 Å². The second-order valence-corrected chi connectivity index (χ2v) is 11.6. The Balaban J connectivity index is 1.72. The minimum Gasteiger partial charge on any atom is -0.361 e. The van der Waals surface area contributed by atoms with Gasteiger partial charge in [0.2, 0.25) is 10.0 Å². The number of anilines is 1. The topological polar surface area (TPSA) is 69.3 Å². The van der Waals surface area contributed by atoms with Gasteiger partial charge in [-0.15, -0.1) is 0 Å². The van der Waals surface area contributed by atoms with E-state index in [1.807, 2.05) is 45.2 Å². The van der Waals surface area contributed by atoms with Crippen molar-refractivity contribution >= 4 is 15.7 Å². The standard InChI is InChI=1S/C26H34N4O2S/c1-20(2)21(3)33(31,32)29-16-23-11-7-8-12-26(23)30(17-24-15-27-19-28-24)25(18-29)14-13-22-9-5-4-6-10-22/h4-12,15,19-21,25H,13-14,16-18H2,1-3H3,(H,27,28). The van der Waals surface area contributed by atoms with Crippen LogP contribution in [0.1, 0.15) is 44.0 Å². The van der Waals surface area contributed by atoms with E-state index in [1.165, 1.54) is 5.56 Å². The summed E-state index contributed by atoms with van der Waals surface area (Å²) in [7, 11) is -3.44. The predicted octanol–water partition coefficient (Wildman–Crippen LogP) is 4.61. The van der Waals surface area contributed by atoms with E-state index in [2.05, 4.69) is 51.3 Å². The average Bonchev–Trinajstić information content (AvgIpc) is 3.27. The van der Waals surface area contributed by atoms with Gasteiger partial charge in [0.15, 0.2) is 0 Å². The van der Waals surface area contributed by atoms with Gasteiger partial charge in [-0.3, -0.25) is 0 Å². The van der Waals surface area contributed by atoms with Crippen molar-refractivity contribution in [2.24, 2.45) is 5.92 Å². The van der Waals surface area contributed by atoms with Crippen LogP contribution in [-0.4, -0.2) is 40.5 Å². The van der Waals surface area contributed by atoms with E-state index in [-0.39, 0.29) is 12.0 Å². The molecular weight excluding hydrogens is 432 g/mol. The van der Waals surface area contributed by atoms with Crippen molar-refractivity contribution in [3.8, 4) is 0 Å². The Bertz CT molecular complexity index is 1130. The Morgan fingerprint density at radius 2 is 1.79 bits per heavy atom. The molecule has 7 heteroatoms. The van der Waals surface area contributed by atoms with Crippen LogP contribution >= 0.6 is 0 Å². The molecule has 0 spiro atoms. The highest BCUT2D eigenvalue weighted by molar-refractivity contribution is 7.89. The lowest BCUT2D eigenvalue weighted by Crippen LogP contribution is -2.46. The Hall–Kier alpha value is -2.64. The fourth-order valence-electron chi connectivity index (χ4n) is 4.48. The number of nitrogens with zero attached hydrogens (tertiary/aromatic N) is 3. The third-order valence-electron chi connectivity index (χ3n) is 6.78. The molecule has 2 heterocycles. The summed E-state index contributed by atoms with van der Waals surface area (Å²) in [5.74, 6) is 0.0531. The lowest BCUT2D eigenvalue weighted by molar-refractivity contribution is 0.360. The van der Waals surface area contributed by atoms with Crippen LogP contribution in [0.3, 0.4) is 0 Å². The number of benzene rings is 2. The third kappa shape index (κ3) is 5.31. The molecule has 0 aliphatic carbocycles. The normalized spacial score (nSPS) is 18.2. The van der Waals surface area contributed by atoms with Gasteiger partial charge in [0, 0.05) is 31.0 Å². The first-order valence-corrected chi connectivity index (χ1v) is 13.2. The maximum atomic E-state index is 13.6. The molecule has 0 radical (unpaired) electrons. The zero-order valence-electron chi connectivity index (χ0n) is 19.7. The lowest BCUT2D eigenvalue weighted by atomic mass is 10.0. The number of imidazole rings is 1. The number of nitrogens with one attached hydrogen (secondary N) is 1. The average molecular weight is 467 g/mol. The largest absolute Gasteiger partial charge is 0.361 e. The van der Waals surface area contributed by atoms with Crippen molar-refractivity contribution in [2.75, 3.05) is 11.4 Å².